The third-order valence-corrected chi connectivity index (χ3v) is 2.40. The van der Waals surface area contributed by atoms with E-state index in [1.807, 2.05) is 26.0 Å². The zero-order valence-electron chi connectivity index (χ0n) is 11.0. The quantitative estimate of drug-likeness (QED) is 0.643. The minimum absolute atomic E-state index is 0.303. The van der Waals surface area contributed by atoms with Gasteiger partial charge in [0.2, 0.25) is 5.95 Å². The van der Waals surface area contributed by atoms with Crippen LogP contribution in [0.4, 0.5) is 5.95 Å². The third-order valence-electron chi connectivity index (χ3n) is 2.40. The second kappa shape index (κ2) is 5.90. The van der Waals surface area contributed by atoms with Gasteiger partial charge < -0.3 is 5.73 Å². The molecule has 2 aromatic rings. The molecule has 0 bridgehead atoms. The highest BCUT2D eigenvalue weighted by Gasteiger charge is 2.04. The van der Waals surface area contributed by atoms with Crippen LogP contribution in [-0.2, 0) is 0 Å². The van der Waals surface area contributed by atoms with Gasteiger partial charge >= 0.3 is 0 Å². The maximum absolute atomic E-state index is 5.67. The van der Waals surface area contributed by atoms with Gasteiger partial charge in [-0.1, -0.05) is 0 Å². The van der Waals surface area contributed by atoms with Gasteiger partial charge in [-0.3, -0.25) is 15.3 Å². The standard InChI is InChI=1S/C13H16N6/c1-3-15-12(14)19-13-17-7-5-10(18-13)11-8-9(2)4-6-16-11/h4-8H,3H2,1-2H3,(H3,14,15,17,18,19). The van der Waals surface area contributed by atoms with Crippen LogP contribution in [0, 0.1) is 6.92 Å². The molecule has 0 aliphatic rings. The van der Waals surface area contributed by atoms with Crippen LogP contribution in [0.15, 0.2) is 35.6 Å². The van der Waals surface area contributed by atoms with Gasteiger partial charge in [0.05, 0.1) is 11.4 Å². The smallest absolute Gasteiger partial charge is 0.230 e. The summed E-state index contributed by atoms with van der Waals surface area (Å²) in [4.78, 5) is 16.8. The van der Waals surface area contributed by atoms with Crippen molar-refractivity contribution in [2.75, 3.05) is 11.9 Å². The number of aliphatic imine (C=N–C) groups is 1. The van der Waals surface area contributed by atoms with Gasteiger partial charge in [0.25, 0.3) is 0 Å². The van der Waals surface area contributed by atoms with Gasteiger partial charge in [-0.05, 0) is 37.6 Å². The Hall–Kier alpha value is -2.50. The number of pyridine rings is 1. The molecule has 3 N–H and O–H groups in total. The first-order valence-electron chi connectivity index (χ1n) is 6.02. The topological polar surface area (TPSA) is 89.1 Å². The van der Waals surface area contributed by atoms with Crippen molar-refractivity contribution in [2.24, 2.45) is 10.7 Å². The molecule has 0 aliphatic carbocycles. The van der Waals surface area contributed by atoms with Gasteiger partial charge in [-0.25, -0.2) is 9.97 Å². The Kier molecular flexibility index (Phi) is 4.02. The van der Waals surface area contributed by atoms with Crippen molar-refractivity contribution < 1.29 is 0 Å². The summed E-state index contributed by atoms with van der Waals surface area (Å²) in [5, 5.41) is 2.85. The zero-order valence-corrected chi connectivity index (χ0v) is 11.0. The fourth-order valence-corrected chi connectivity index (χ4v) is 1.56. The summed E-state index contributed by atoms with van der Waals surface area (Å²) in [6.07, 6.45) is 3.42. The second-order valence-electron chi connectivity index (χ2n) is 3.97. The molecule has 0 radical (unpaired) electrons. The molecule has 6 heteroatoms. The van der Waals surface area contributed by atoms with Crippen LogP contribution in [-0.4, -0.2) is 27.5 Å². The summed E-state index contributed by atoms with van der Waals surface area (Å²) < 4.78 is 0. The van der Waals surface area contributed by atoms with Gasteiger partial charge in [0, 0.05) is 18.9 Å². The van der Waals surface area contributed by atoms with E-state index in [-0.39, 0.29) is 0 Å². The summed E-state index contributed by atoms with van der Waals surface area (Å²) in [7, 11) is 0. The lowest BCUT2D eigenvalue weighted by atomic mass is 10.2. The van der Waals surface area contributed by atoms with E-state index in [1.165, 1.54) is 0 Å². The number of hydrogen-bond acceptors (Lipinski definition) is 4. The molecule has 0 aliphatic heterocycles. The van der Waals surface area contributed by atoms with E-state index in [0.29, 0.717) is 18.5 Å². The fourth-order valence-electron chi connectivity index (χ4n) is 1.56. The summed E-state index contributed by atoms with van der Waals surface area (Å²) in [5.41, 5.74) is 8.35. The predicted molar refractivity (Wildman–Crippen MR) is 75.8 cm³/mol. The van der Waals surface area contributed by atoms with E-state index in [1.54, 1.807) is 18.5 Å². The number of rotatable bonds is 3. The largest absolute Gasteiger partial charge is 0.370 e. The molecule has 0 saturated heterocycles. The molecule has 2 aromatic heterocycles. The Morgan fingerprint density at radius 3 is 2.79 bits per heavy atom. The van der Waals surface area contributed by atoms with E-state index < -0.39 is 0 Å². The molecule has 6 nitrogen and oxygen atoms in total. The van der Waals surface area contributed by atoms with Crippen molar-refractivity contribution >= 4 is 11.9 Å². The summed E-state index contributed by atoms with van der Waals surface area (Å²) >= 11 is 0. The fraction of sp³-hybridized carbons (Fsp3) is 0.231. The molecule has 98 valence electrons. The number of anilines is 1. The first-order chi connectivity index (χ1) is 9.19. The number of aryl methyl sites for hydroxylation is 1. The highest BCUT2D eigenvalue weighted by molar-refractivity contribution is 5.90. The van der Waals surface area contributed by atoms with Crippen molar-refractivity contribution in [1.82, 2.24) is 15.0 Å². The molecule has 2 rings (SSSR count). The summed E-state index contributed by atoms with van der Waals surface area (Å²) in [6, 6.07) is 5.71. The Morgan fingerprint density at radius 1 is 1.26 bits per heavy atom. The molecule has 19 heavy (non-hydrogen) atoms. The average Bonchev–Trinajstić information content (AvgIpc) is 2.39. The van der Waals surface area contributed by atoms with Crippen LogP contribution in [0.2, 0.25) is 0 Å². The van der Waals surface area contributed by atoms with Gasteiger partial charge in [-0.15, -0.1) is 0 Å². The first-order valence-corrected chi connectivity index (χ1v) is 6.02. The highest BCUT2D eigenvalue weighted by atomic mass is 15.2. The molecule has 0 saturated carbocycles. The van der Waals surface area contributed by atoms with Crippen LogP contribution in [0.5, 0.6) is 0 Å². The lowest BCUT2D eigenvalue weighted by Crippen LogP contribution is -2.24. The normalized spacial score (nSPS) is 11.4. The number of nitrogens with two attached hydrogens (primary N) is 1. The zero-order chi connectivity index (χ0) is 13.7. The molecular weight excluding hydrogens is 240 g/mol. The van der Waals surface area contributed by atoms with E-state index in [9.17, 15) is 0 Å². The molecule has 0 amide bonds. The minimum Gasteiger partial charge on any atom is -0.370 e. The lowest BCUT2D eigenvalue weighted by Gasteiger charge is -2.05. The Labute approximate surface area is 111 Å². The first kappa shape index (κ1) is 12.9. The minimum atomic E-state index is 0.303. The van der Waals surface area contributed by atoms with E-state index in [4.69, 9.17) is 5.73 Å². The molecular formula is C13H16N6. The maximum atomic E-state index is 5.67. The number of aromatic nitrogens is 3. The van der Waals surface area contributed by atoms with Crippen LogP contribution >= 0.6 is 0 Å². The summed E-state index contributed by atoms with van der Waals surface area (Å²) in [6.45, 7) is 4.53. The number of hydrogen-bond donors (Lipinski definition) is 2. The molecule has 2 heterocycles. The monoisotopic (exact) mass is 256 g/mol. The van der Waals surface area contributed by atoms with E-state index >= 15 is 0 Å². The molecule has 0 spiro atoms. The molecule has 0 atom stereocenters. The third kappa shape index (κ3) is 3.48. The number of guanidine groups is 1. The van der Waals surface area contributed by atoms with Gasteiger partial charge in [0.1, 0.15) is 0 Å². The molecule has 0 fully saturated rings. The second-order valence-corrected chi connectivity index (χ2v) is 3.97. The van der Waals surface area contributed by atoms with Crippen LogP contribution < -0.4 is 11.1 Å². The average molecular weight is 256 g/mol. The van der Waals surface area contributed by atoms with Crippen molar-refractivity contribution in [3.8, 4) is 11.4 Å². The van der Waals surface area contributed by atoms with Crippen LogP contribution in [0.3, 0.4) is 0 Å². The Bertz CT molecular complexity index is 593. The van der Waals surface area contributed by atoms with Crippen molar-refractivity contribution in [2.45, 2.75) is 13.8 Å². The molecule has 0 aromatic carbocycles. The van der Waals surface area contributed by atoms with Crippen molar-refractivity contribution in [1.29, 1.82) is 0 Å². The van der Waals surface area contributed by atoms with E-state index in [0.717, 1.165) is 17.0 Å². The van der Waals surface area contributed by atoms with Gasteiger partial charge in [-0.2, -0.15) is 0 Å². The number of nitrogens with zero attached hydrogens (tertiary/aromatic N) is 4. The Balaban J connectivity index is 2.27. The Morgan fingerprint density at radius 2 is 2.05 bits per heavy atom. The highest BCUT2D eigenvalue weighted by Crippen LogP contribution is 2.15. The van der Waals surface area contributed by atoms with Crippen molar-refractivity contribution in [3.05, 3.63) is 36.2 Å². The predicted octanol–water partition coefficient (Wildman–Crippen LogP) is 1.59. The van der Waals surface area contributed by atoms with Gasteiger partial charge in [0.15, 0.2) is 5.96 Å². The molecule has 0 unspecified atom stereocenters. The maximum Gasteiger partial charge on any atom is 0.230 e. The summed E-state index contributed by atoms with van der Waals surface area (Å²) in [5.74, 6) is 0.715. The van der Waals surface area contributed by atoms with Crippen LogP contribution in [0.25, 0.3) is 11.4 Å². The van der Waals surface area contributed by atoms with Crippen LogP contribution in [0.1, 0.15) is 12.5 Å². The van der Waals surface area contributed by atoms with Crippen molar-refractivity contribution in [3.63, 3.8) is 0 Å². The number of nitrogens with one attached hydrogen (secondary N) is 1. The lowest BCUT2D eigenvalue weighted by molar-refractivity contribution is 1.10. The SMILES string of the molecule is CCN=C(N)Nc1nccc(-c2cc(C)ccn2)n1. The van der Waals surface area contributed by atoms with E-state index in [2.05, 4.69) is 25.3 Å².